The Labute approximate surface area is 123 Å². The van der Waals surface area contributed by atoms with Crippen molar-refractivity contribution in [2.24, 2.45) is 0 Å². The van der Waals surface area contributed by atoms with Gasteiger partial charge in [-0.05, 0) is 24.5 Å². The number of hydrogen-bond acceptors (Lipinski definition) is 3. The summed E-state index contributed by atoms with van der Waals surface area (Å²) in [5, 5.41) is 2.42. The minimum Gasteiger partial charge on any atom is -0.454 e. The molecule has 3 heteroatoms. The van der Waals surface area contributed by atoms with E-state index in [1.165, 1.54) is 22.0 Å². The number of fused-ring (bicyclic) bond motifs is 7. The molecule has 3 heterocycles. The predicted molar refractivity (Wildman–Crippen MR) is 85.2 cm³/mol. The molecule has 21 heavy (non-hydrogen) atoms. The summed E-state index contributed by atoms with van der Waals surface area (Å²) in [6, 6.07) is 12.8. The molecule has 5 rings (SSSR count). The van der Waals surface area contributed by atoms with Crippen LogP contribution in [-0.2, 0) is 6.42 Å². The van der Waals surface area contributed by atoms with Gasteiger partial charge in [0.2, 0.25) is 0 Å². The molecule has 0 N–H and O–H groups in total. The van der Waals surface area contributed by atoms with E-state index in [-0.39, 0.29) is 0 Å². The second-order valence-corrected chi connectivity index (χ2v) is 5.94. The summed E-state index contributed by atoms with van der Waals surface area (Å²) in [4.78, 5) is 4.65. The van der Waals surface area contributed by atoms with Crippen molar-refractivity contribution in [1.29, 1.82) is 0 Å². The van der Waals surface area contributed by atoms with Crippen molar-refractivity contribution in [3.8, 4) is 0 Å². The van der Waals surface area contributed by atoms with E-state index < -0.39 is 0 Å². The minimum absolute atomic E-state index is 0.427. The van der Waals surface area contributed by atoms with Crippen LogP contribution in [0.2, 0.25) is 0 Å². The highest BCUT2D eigenvalue weighted by Crippen LogP contribution is 2.43. The number of hydrogen-bond donors (Lipinski definition) is 0. The molecule has 1 unspecified atom stereocenters. The molecule has 0 fully saturated rings. The van der Waals surface area contributed by atoms with Crippen molar-refractivity contribution in [3.63, 3.8) is 0 Å². The summed E-state index contributed by atoms with van der Waals surface area (Å²) < 4.78 is 6.20. The first kappa shape index (κ1) is 11.3. The predicted octanol–water partition coefficient (Wildman–Crippen LogP) is 4.08. The van der Waals surface area contributed by atoms with Gasteiger partial charge in [-0.1, -0.05) is 30.3 Å². The van der Waals surface area contributed by atoms with Gasteiger partial charge in [0, 0.05) is 30.2 Å². The first-order valence-electron chi connectivity index (χ1n) is 7.45. The molecule has 0 saturated heterocycles. The van der Waals surface area contributed by atoms with Crippen molar-refractivity contribution in [1.82, 2.24) is 4.90 Å². The van der Waals surface area contributed by atoms with Gasteiger partial charge in [0.1, 0.15) is 11.7 Å². The topological polar surface area (TPSA) is 19.6 Å². The van der Waals surface area contributed by atoms with Crippen molar-refractivity contribution < 1.29 is 4.42 Å². The molecule has 0 saturated carbocycles. The van der Waals surface area contributed by atoms with E-state index >= 15 is 0 Å². The standard InChI is InChI=1S/C18H16N2O/c1-19-10-11-20-16(19)9-7-12-6-8-14-13-4-2-3-5-15(13)21-18(14)17(12)20/h2-6,8,10-11,16H,7,9H2,1H3. The highest BCUT2D eigenvalue weighted by atomic mass is 16.3. The maximum Gasteiger partial charge on any atom is 0.159 e. The molecule has 0 spiro atoms. The zero-order chi connectivity index (χ0) is 14.0. The Morgan fingerprint density at radius 1 is 1.05 bits per heavy atom. The second kappa shape index (κ2) is 3.82. The normalized spacial score (nSPS) is 20.3. The highest BCUT2D eigenvalue weighted by molar-refractivity contribution is 6.09. The van der Waals surface area contributed by atoms with Crippen LogP contribution in [0.15, 0.2) is 53.2 Å². The van der Waals surface area contributed by atoms with Crippen LogP contribution in [0.5, 0.6) is 0 Å². The lowest BCUT2D eigenvalue weighted by Crippen LogP contribution is -2.40. The number of nitrogens with zero attached hydrogens (tertiary/aromatic N) is 2. The van der Waals surface area contributed by atoms with Gasteiger partial charge in [0.25, 0.3) is 0 Å². The van der Waals surface area contributed by atoms with Crippen LogP contribution in [0.1, 0.15) is 12.0 Å². The van der Waals surface area contributed by atoms with E-state index in [9.17, 15) is 0 Å². The van der Waals surface area contributed by atoms with Gasteiger partial charge in [-0.2, -0.15) is 0 Å². The second-order valence-electron chi connectivity index (χ2n) is 5.94. The Balaban J connectivity index is 1.86. The highest BCUT2D eigenvalue weighted by Gasteiger charge is 2.32. The van der Waals surface area contributed by atoms with Crippen molar-refractivity contribution in [2.45, 2.75) is 19.0 Å². The van der Waals surface area contributed by atoms with Crippen LogP contribution in [0.25, 0.3) is 21.9 Å². The zero-order valence-corrected chi connectivity index (χ0v) is 11.9. The molecule has 2 aliphatic heterocycles. The Hall–Kier alpha value is -2.42. The number of benzene rings is 2. The quantitative estimate of drug-likeness (QED) is 0.617. The van der Waals surface area contributed by atoms with Crippen LogP contribution < -0.4 is 4.90 Å². The lowest BCUT2D eigenvalue weighted by atomic mass is 9.98. The van der Waals surface area contributed by atoms with Crippen molar-refractivity contribution in [2.75, 3.05) is 11.9 Å². The third-order valence-electron chi connectivity index (χ3n) is 4.79. The molecule has 2 aromatic carbocycles. The number of para-hydroxylation sites is 1. The SMILES string of the molecule is CN1C=CN2c3c(ccc4c3oc3ccccc34)CCC12. The molecule has 0 radical (unpaired) electrons. The number of furan rings is 1. The molecule has 1 aromatic heterocycles. The van der Waals surface area contributed by atoms with Gasteiger partial charge in [-0.25, -0.2) is 0 Å². The summed E-state index contributed by atoms with van der Waals surface area (Å²) in [6.07, 6.45) is 7.02. The largest absolute Gasteiger partial charge is 0.454 e. The van der Waals surface area contributed by atoms with Crippen LogP contribution in [0.3, 0.4) is 0 Å². The van der Waals surface area contributed by atoms with Gasteiger partial charge in [-0.3, -0.25) is 0 Å². The first-order chi connectivity index (χ1) is 10.3. The van der Waals surface area contributed by atoms with E-state index in [1.807, 2.05) is 12.1 Å². The van der Waals surface area contributed by atoms with Crippen LogP contribution in [0.4, 0.5) is 5.69 Å². The molecule has 3 nitrogen and oxygen atoms in total. The first-order valence-corrected chi connectivity index (χ1v) is 7.45. The maximum absolute atomic E-state index is 6.20. The molecule has 0 amide bonds. The third-order valence-corrected chi connectivity index (χ3v) is 4.79. The van der Waals surface area contributed by atoms with E-state index in [2.05, 4.69) is 53.5 Å². The number of aryl methyl sites for hydroxylation is 1. The molecule has 0 bridgehead atoms. The van der Waals surface area contributed by atoms with Crippen LogP contribution in [-0.4, -0.2) is 18.1 Å². The average Bonchev–Trinajstić information content (AvgIpc) is 3.08. The van der Waals surface area contributed by atoms with E-state index in [0.717, 1.165) is 24.0 Å². The summed E-state index contributed by atoms with van der Waals surface area (Å²) in [7, 11) is 2.14. The smallest absolute Gasteiger partial charge is 0.159 e. The van der Waals surface area contributed by atoms with Crippen LogP contribution >= 0.6 is 0 Å². The Morgan fingerprint density at radius 3 is 2.90 bits per heavy atom. The lowest BCUT2D eigenvalue weighted by Gasteiger charge is -2.35. The number of anilines is 1. The van der Waals surface area contributed by atoms with Gasteiger partial charge >= 0.3 is 0 Å². The summed E-state index contributed by atoms with van der Waals surface area (Å²) >= 11 is 0. The maximum atomic E-state index is 6.20. The van der Waals surface area contributed by atoms with E-state index in [4.69, 9.17) is 4.42 Å². The summed E-state index contributed by atoms with van der Waals surface area (Å²) in [5.74, 6) is 0. The molecular weight excluding hydrogens is 260 g/mol. The molecule has 104 valence electrons. The van der Waals surface area contributed by atoms with Crippen molar-refractivity contribution >= 4 is 27.6 Å². The fourth-order valence-electron chi connectivity index (χ4n) is 3.72. The summed E-state index contributed by atoms with van der Waals surface area (Å²) in [6.45, 7) is 0. The molecule has 1 atom stereocenters. The lowest BCUT2D eigenvalue weighted by molar-refractivity contribution is 0.332. The molecule has 3 aromatic rings. The van der Waals surface area contributed by atoms with E-state index in [0.29, 0.717) is 6.17 Å². The Kier molecular flexibility index (Phi) is 2.05. The fraction of sp³-hybridized carbons (Fsp3) is 0.222. The zero-order valence-electron chi connectivity index (χ0n) is 11.9. The molecule has 2 aliphatic rings. The molecular formula is C18H16N2O. The minimum atomic E-state index is 0.427. The Bertz CT molecular complexity index is 893. The summed E-state index contributed by atoms with van der Waals surface area (Å²) in [5.41, 5.74) is 4.64. The van der Waals surface area contributed by atoms with E-state index in [1.54, 1.807) is 0 Å². The van der Waals surface area contributed by atoms with Gasteiger partial charge in [0.15, 0.2) is 5.58 Å². The average molecular weight is 276 g/mol. The number of rotatable bonds is 0. The Morgan fingerprint density at radius 2 is 1.95 bits per heavy atom. The van der Waals surface area contributed by atoms with Crippen molar-refractivity contribution in [3.05, 3.63) is 54.4 Å². The van der Waals surface area contributed by atoms with Crippen LogP contribution in [0, 0.1) is 0 Å². The monoisotopic (exact) mass is 276 g/mol. The van der Waals surface area contributed by atoms with Gasteiger partial charge < -0.3 is 14.2 Å². The van der Waals surface area contributed by atoms with Gasteiger partial charge in [-0.15, -0.1) is 0 Å². The molecule has 0 aliphatic carbocycles. The van der Waals surface area contributed by atoms with Gasteiger partial charge in [0.05, 0.1) is 5.69 Å². The third kappa shape index (κ3) is 1.38. The fourth-order valence-corrected chi connectivity index (χ4v) is 3.72.